The fourth-order valence-electron chi connectivity index (χ4n) is 1.48. The molecule has 18 heavy (non-hydrogen) atoms. The number of rotatable bonds is 3. The van der Waals surface area contributed by atoms with E-state index in [4.69, 9.17) is 0 Å². The lowest BCUT2D eigenvalue weighted by Crippen LogP contribution is -2.44. The van der Waals surface area contributed by atoms with Crippen LogP contribution in [0.1, 0.15) is 19.4 Å². The maximum Gasteiger partial charge on any atom is 0.471 e. The zero-order valence-corrected chi connectivity index (χ0v) is 10.0. The van der Waals surface area contributed by atoms with Crippen LogP contribution < -0.4 is 0 Å². The van der Waals surface area contributed by atoms with Crippen LogP contribution in [0, 0.1) is 0 Å². The number of carbonyl (C=O) groups excluding carboxylic acids is 1. The first-order valence-corrected chi connectivity index (χ1v) is 5.38. The molecule has 0 atom stereocenters. The van der Waals surface area contributed by atoms with E-state index in [1.54, 1.807) is 12.1 Å². The molecule has 0 aromatic heterocycles. The molecule has 0 fully saturated rings. The van der Waals surface area contributed by atoms with Crippen LogP contribution in [0.5, 0.6) is 5.75 Å². The average molecular weight is 261 g/mol. The quantitative estimate of drug-likeness (QED) is 0.908. The Labute approximate surface area is 103 Å². The lowest BCUT2D eigenvalue weighted by Gasteiger charge is -2.27. The number of benzene rings is 1. The molecule has 0 unspecified atom stereocenters. The third kappa shape index (κ3) is 3.38. The van der Waals surface area contributed by atoms with Crippen molar-refractivity contribution in [3.05, 3.63) is 29.8 Å². The summed E-state index contributed by atoms with van der Waals surface area (Å²) >= 11 is 0. The molecule has 0 bridgehead atoms. The molecule has 6 heteroatoms. The molecule has 100 valence electrons. The Bertz CT molecular complexity index is 430. The topological polar surface area (TPSA) is 40.5 Å². The maximum atomic E-state index is 12.4. The molecular weight excluding hydrogens is 247 g/mol. The molecule has 0 saturated heterocycles. The van der Waals surface area contributed by atoms with Gasteiger partial charge in [0, 0.05) is 18.2 Å². The van der Waals surface area contributed by atoms with Gasteiger partial charge in [0.05, 0.1) is 0 Å². The minimum absolute atomic E-state index is 0.127. The number of aromatic hydroxyl groups is 1. The van der Waals surface area contributed by atoms with Crippen LogP contribution in [-0.2, 0) is 11.3 Å². The van der Waals surface area contributed by atoms with E-state index >= 15 is 0 Å². The van der Waals surface area contributed by atoms with E-state index in [2.05, 4.69) is 0 Å². The Kier molecular flexibility index (Phi) is 4.21. The van der Waals surface area contributed by atoms with Gasteiger partial charge in [-0.05, 0) is 19.9 Å². The number of amides is 1. The molecule has 1 amide bonds. The summed E-state index contributed by atoms with van der Waals surface area (Å²) in [7, 11) is 0. The standard InChI is InChI=1S/C12H14F3NO2/c1-8(2)16(11(18)12(13,14)15)7-9-5-3-4-6-10(9)17/h3-6,8,17H,7H2,1-2H3. The fraction of sp³-hybridized carbons (Fsp3) is 0.417. The number of alkyl halides is 3. The first kappa shape index (κ1) is 14.3. The number of phenolic OH excluding ortho intramolecular Hbond substituents is 1. The number of phenols is 1. The van der Waals surface area contributed by atoms with Gasteiger partial charge < -0.3 is 10.0 Å². The van der Waals surface area contributed by atoms with Crippen LogP contribution in [-0.4, -0.2) is 28.1 Å². The number of para-hydroxylation sites is 1. The van der Waals surface area contributed by atoms with Gasteiger partial charge in [0.1, 0.15) is 5.75 Å². The number of halogens is 3. The minimum Gasteiger partial charge on any atom is -0.508 e. The SMILES string of the molecule is CC(C)N(Cc1ccccc1O)C(=O)C(F)(F)F. The number of carbonyl (C=O) groups is 1. The Balaban J connectivity index is 2.96. The summed E-state index contributed by atoms with van der Waals surface area (Å²) in [5.74, 6) is -2.03. The number of hydrogen-bond donors (Lipinski definition) is 1. The Morgan fingerprint density at radius 3 is 2.33 bits per heavy atom. The van der Waals surface area contributed by atoms with E-state index in [1.807, 2.05) is 0 Å². The first-order chi connectivity index (χ1) is 8.23. The molecule has 0 aliphatic carbocycles. The molecule has 0 saturated carbocycles. The van der Waals surface area contributed by atoms with Crippen molar-refractivity contribution in [1.82, 2.24) is 4.90 Å². The summed E-state index contributed by atoms with van der Waals surface area (Å²) in [4.78, 5) is 11.9. The van der Waals surface area contributed by atoms with Gasteiger partial charge in [0.2, 0.25) is 0 Å². The van der Waals surface area contributed by atoms with Gasteiger partial charge in [-0.25, -0.2) is 0 Å². The summed E-state index contributed by atoms with van der Waals surface area (Å²) in [6.07, 6.45) is -4.91. The highest BCUT2D eigenvalue weighted by molar-refractivity contribution is 5.82. The molecule has 1 aromatic carbocycles. The van der Waals surface area contributed by atoms with Gasteiger partial charge in [-0.1, -0.05) is 18.2 Å². The second-order valence-electron chi connectivity index (χ2n) is 4.15. The van der Waals surface area contributed by atoms with Crippen molar-refractivity contribution in [1.29, 1.82) is 0 Å². The van der Waals surface area contributed by atoms with Crippen molar-refractivity contribution in [2.24, 2.45) is 0 Å². The van der Waals surface area contributed by atoms with Crippen molar-refractivity contribution in [3.63, 3.8) is 0 Å². The average Bonchev–Trinajstić information content (AvgIpc) is 2.25. The molecule has 1 N–H and O–H groups in total. The van der Waals surface area contributed by atoms with E-state index in [1.165, 1.54) is 26.0 Å². The highest BCUT2D eigenvalue weighted by atomic mass is 19.4. The predicted molar refractivity (Wildman–Crippen MR) is 59.8 cm³/mol. The van der Waals surface area contributed by atoms with Crippen molar-refractivity contribution in [3.8, 4) is 5.75 Å². The lowest BCUT2D eigenvalue weighted by atomic mass is 10.1. The Morgan fingerprint density at radius 1 is 1.33 bits per heavy atom. The highest BCUT2D eigenvalue weighted by Gasteiger charge is 2.43. The largest absolute Gasteiger partial charge is 0.508 e. The summed E-state index contributed by atoms with van der Waals surface area (Å²) in [5, 5.41) is 9.51. The van der Waals surface area contributed by atoms with E-state index in [0.717, 1.165) is 0 Å². The van der Waals surface area contributed by atoms with Crippen molar-refractivity contribution >= 4 is 5.91 Å². The van der Waals surface area contributed by atoms with Gasteiger partial charge in [-0.3, -0.25) is 4.79 Å². The van der Waals surface area contributed by atoms with E-state index < -0.39 is 18.1 Å². The molecule has 0 aliphatic heterocycles. The van der Waals surface area contributed by atoms with Gasteiger partial charge in [-0.2, -0.15) is 13.2 Å². The smallest absolute Gasteiger partial charge is 0.471 e. The summed E-state index contributed by atoms with van der Waals surface area (Å²) in [6.45, 7) is 2.70. The van der Waals surface area contributed by atoms with Crippen molar-refractivity contribution in [2.45, 2.75) is 32.6 Å². The molecule has 1 rings (SSSR count). The first-order valence-electron chi connectivity index (χ1n) is 5.38. The normalized spacial score (nSPS) is 11.7. The van der Waals surface area contributed by atoms with E-state index in [-0.39, 0.29) is 17.9 Å². The van der Waals surface area contributed by atoms with Crippen LogP contribution in [0.25, 0.3) is 0 Å². The minimum atomic E-state index is -4.91. The molecule has 3 nitrogen and oxygen atoms in total. The van der Waals surface area contributed by atoms with Crippen molar-refractivity contribution in [2.75, 3.05) is 0 Å². The summed E-state index contributed by atoms with van der Waals surface area (Å²) in [5.41, 5.74) is 0.281. The van der Waals surface area contributed by atoms with Gasteiger partial charge in [0.15, 0.2) is 0 Å². The second-order valence-corrected chi connectivity index (χ2v) is 4.15. The molecule has 0 aliphatic rings. The number of nitrogens with zero attached hydrogens (tertiary/aromatic N) is 1. The Morgan fingerprint density at radius 2 is 1.89 bits per heavy atom. The summed E-state index contributed by atoms with van der Waals surface area (Å²) < 4.78 is 37.2. The van der Waals surface area contributed by atoms with E-state index in [9.17, 15) is 23.1 Å². The zero-order valence-electron chi connectivity index (χ0n) is 10.0. The predicted octanol–water partition coefficient (Wildman–Crippen LogP) is 2.69. The van der Waals surface area contributed by atoms with Crippen LogP contribution in [0.15, 0.2) is 24.3 Å². The van der Waals surface area contributed by atoms with Crippen LogP contribution in [0.4, 0.5) is 13.2 Å². The van der Waals surface area contributed by atoms with Crippen LogP contribution in [0.2, 0.25) is 0 Å². The van der Waals surface area contributed by atoms with Gasteiger partial charge >= 0.3 is 12.1 Å². The van der Waals surface area contributed by atoms with Crippen molar-refractivity contribution < 1.29 is 23.1 Å². The Hall–Kier alpha value is -1.72. The van der Waals surface area contributed by atoms with Crippen LogP contribution >= 0.6 is 0 Å². The molecule has 0 spiro atoms. The third-order valence-corrected chi connectivity index (χ3v) is 2.46. The maximum absolute atomic E-state index is 12.4. The fourth-order valence-corrected chi connectivity index (χ4v) is 1.48. The molecule has 0 heterocycles. The van der Waals surface area contributed by atoms with Crippen LogP contribution in [0.3, 0.4) is 0 Å². The lowest BCUT2D eigenvalue weighted by molar-refractivity contribution is -0.188. The molecule has 0 radical (unpaired) electrons. The summed E-state index contributed by atoms with van der Waals surface area (Å²) in [6, 6.07) is 5.38. The zero-order chi connectivity index (χ0) is 13.9. The number of hydrogen-bond acceptors (Lipinski definition) is 2. The second kappa shape index (κ2) is 5.29. The molecular formula is C12H14F3NO2. The molecule has 1 aromatic rings. The monoisotopic (exact) mass is 261 g/mol. The third-order valence-electron chi connectivity index (χ3n) is 2.46. The van der Waals surface area contributed by atoms with E-state index in [0.29, 0.717) is 4.90 Å². The van der Waals surface area contributed by atoms with Gasteiger partial charge in [-0.15, -0.1) is 0 Å². The highest BCUT2D eigenvalue weighted by Crippen LogP contribution is 2.24. The van der Waals surface area contributed by atoms with Gasteiger partial charge in [0.25, 0.3) is 0 Å².